The van der Waals surface area contributed by atoms with Crippen LogP contribution in [0.15, 0.2) is 18.2 Å². The van der Waals surface area contributed by atoms with Crippen LogP contribution in [0.5, 0.6) is 0 Å². The highest BCUT2D eigenvalue weighted by Crippen LogP contribution is 2.43. The van der Waals surface area contributed by atoms with Crippen molar-refractivity contribution in [2.45, 2.75) is 18.9 Å². The molecule has 3 rings (SSSR count). The van der Waals surface area contributed by atoms with Crippen LogP contribution in [0.4, 0.5) is 5.69 Å². The lowest BCUT2D eigenvalue weighted by Gasteiger charge is -2.28. The van der Waals surface area contributed by atoms with Gasteiger partial charge in [-0.1, -0.05) is 6.07 Å². The average Bonchev–Trinajstić information content (AvgIpc) is 2.63. The van der Waals surface area contributed by atoms with Crippen molar-refractivity contribution in [3.8, 4) is 0 Å². The van der Waals surface area contributed by atoms with Gasteiger partial charge in [-0.2, -0.15) is 0 Å². The maximum Gasteiger partial charge on any atom is 0.275 e. The summed E-state index contributed by atoms with van der Waals surface area (Å²) in [7, 11) is 0. The number of hydrogen-bond acceptors (Lipinski definition) is 4. The van der Waals surface area contributed by atoms with Gasteiger partial charge in [-0.15, -0.1) is 0 Å². The molecule has 2 aliphatic heterocycles. The number of nitro benzene ring substituents is 1. The van der Waals surface area contributed by atoms with E-state index in [0.717, 1.165) is 0 Å². The third-order valence-electron chi connectivity index (χ3n) is 3.53. The average molecular weight is 246 g/mol. The number of amides is 1. The van der Waals surface area contributed by atoms with E-state index in [0.29, 0.717) is 24.1 Å². The summed E-state index contributed by atoms with van der Waals surface area (Å²) in [6.45, 7) is 0.355. The second kappa shape index (κ2) is 3.63. The molecule has 2 aliphatic rings. The fourth-order valence-corrected chi connectivity index (χ4v) is 2.73. The molecule has 1 fully saturated rings. The predicted octanol–water partition coefficient (Wildman–Crippen LogP) is 1.45. The monoisotopic (exact) mass is 246 g/mol. The molecule has 6 heteroatoms. The van der Waals surface area contributed by atoms with Gasteiger partial charge in [0, 0.05) is 25.5 Å². The Morgan fingerprint density at radius 2 is 2.11 bits per heavy atom. The van der Waals surface area contributed by atoms with Crippen molar-refractivity contribution < 1.29 is 14.5 Å². The van der Waals surface area contributed by atoms with Gasteiger partial charge in [0.05, 0.1) is 22.1 Å². The van der Waals surface area contributed by atoms with Gasteiger partial charge in [-0.25, -0.2) is 0 Å². The van der Waals surface area contributed by atoms with Crippen LogP contribution in [0.1, 0.15) is 34.8 Å². The first-order chi connectivity index (χ1) is 8.59. The predicted molar refractivity (Wildman–Crippen MR) is 61.1 cm³/mol. The molecule has 1 amide bonds. The number of nitro groups is 1. The van der Waals surface area contributed by atoms with Crippen LogP contribution in [-0.2, 0) is 4.79 Å². The molecular formula is C12H10N2O4. The molecule has 92 valence electrons. The number of piperidine rings is 1. The van der Waals surface area contributed by atoms with Crippen molar-refractivity contribution in [2.75, 3.05) is 6.54 Å². The van der Waals surface area contributed by atoms with E-state index in [1.165, 1.54) is 12.1 Å². The number of Topliss-reactive ketones (excluding diaryl/α,β-unsaturated/α-hetero) is 1. The zero-order chi connectivity index (χ0) is 12.9. The molecule has 0 aromatic heterocycles. The smallest absolute Gasteiger partial charge is 0.275 e. The molecule has 1 saturated heterocycles. The standard InChI is InChI=1S/C12H10N2O4/c15-7-4-5-13-10(6-7)11-8(12(13)16)2-1-3-9(11)14(17)18/h1-3,10H,4-6H2/t10-/m0/s1. The molecule has 6 nitrogen and oxygen atoms in total. The topological polar surface area (TPSA) is 80.5 Å². The number of nitrogens with zero attached hydrogens (tertiary/aromatic N) is 2. The van der Waals surface area contributed by atoms with Crippen molar-refractivity contribution in [1.29, 1.82) is 0 Å². The molecular weight excluding hydrogens is 236 g/mol. The lowest BCUT2D eigenvalue weighted by Crippen LogP contribution is -2.35. The van der Waals surface area contributed by atoms with Gasteiger partial charge in [0.15, 0.2) is 0 Å². The van der Waals surface area contributed by atoms with Crippen molar-refractivity contribution >= 4 is 17.4 Å². The van der Waals surface area contributed by atoms with Crippen molar-refractivity contribution in [3.05, 3.63) is 39.4 Å². The van der Waals surface area contributed by atoms with E-state index in [1.54, 1.807) is 11.0 Å². The Kier molecular flexibility index (Phi) is 2.19. The van der Waals surface area contributed by atoms with Crippen LogP contribution in [0.2, 0.25) is 0 Å². The lowest BCUT2D eigenvalue weighted by molar-refractivity contribution is -0.385. The second-order valence-electron chi connectivity index (χ2n) is 4.50. The van der Waals surface area contributed by atoms with Crippen molar-refractivity contribution in [3.63, 3.8) is 0 Å². The highest BCUT2D eigenvalue weighted by molar-refractivity contribution is 6.02. The van der Waals surface area contributed by atoms with Crippen LogP contribution >= 0.6 is 0 Å². The highest BCUT2D eigenvalue weighted by Gasteiger charge is 2.44. The summed E-state index contributed by atoms with van der Waals surface area (Å²) >= 11 is 0. The van der Waals surface area contributed by atoms with Crippen LogP contribution < -0.4 is 0 Å². The number of carbonyl (C=O) groups excluding carboxylic acids is 2. The van der Waals surface area contributed by atoms with Crippen molar-refractivity contribution in [1.82, 2.24) is 4.90 Å². The molecule has 1 atom stereocenters. The molecule has 0 unspecified atom stereocenters. The van der Waals surface area contributed by atoms with E-state index in [2.05, 4.69) is 0 Å². The lowest BCUT2D eigenvalue weighted by atomic mass is 9.95. The normalized spacial score (nSPS) is 21.8. The summed E-state index contributed by atoms with van der Waals surface area (Å²) in [5.41, 5.74) is 0.701. The first-order valence-corrected chi connectivity index (χ1v) is 5.69. The molecule has 0 spiro atoms. The van der Waals surface area contributed by atoms with Gasteiger partial charge in [0.25, 0.3) is 11.6 Å². The van der Waals surface area contributed by atoms with Crippen molar-refractivity contribution in [2.24, 2.45) is 0 Å². The van der Waals surface area contributed by atoms with Gasteiger partial charge in [0.2, 0.25) is 0 Å². The zero-order valence-electron chi connectivity index (χ0n) is 9.46. The third kappa shape index (κ3) is 1.35. The van der Waals surface area contributed by atoms with E-state index in [1.807, 2.05) is 0 Å². The molecule has 1 aromatic rings. The second-order valence-corrected chi connectivity index (χ2v) is 4.50. The Balaban J connectivity index is 2.18. The zero-order valence-corrected chi connectivity index (χ0v) is 9.46. The maximum absolute atomic E-state index is 12.1. The molecule has 0 bridgehead atoms. The molecule has 1 aromatic carbocycles. The third-order valence-corrected chi connectivity index (χ3v) is 3.53. The fourth-order valence-electron chi connectivity index (χ4n) is 2.73. The number of carbonyl (C=O) groups is 2. The largest absolute Gasteiger partial charge is 0.330 e. The Morgan fingerprint density at radius 3 is 2.83 bits per heavy atom. The molecule has 0 N–H and O–H groups in total. The van der Waals surface area contributed by atoms with E-state index in [9.17, 15) is 19.7 Å². The number of rotatable bonds is 1. The Morgan fingerprint density at radius 1 is 1.33 bits per heavy atom. The van der Waals surface area contributed by atoms with E-state index in [-0.39, 0.29) is 23.8 Å². The Labute approximate surface area is 102 Å². The Bertz CT molecular complexity index is 581. The van der Waals surface area contributed by atoms with E-state index in [4.69, 9.17) is 0 Å². The maximum atomic E-state index is 12.1. The van der Waals surface area contributed by atoms with Gasteiger partial charge < -0.3 is 4.90 Å². The number of benzene rings is 1. The molecule has 0 saturated carbocycles. The molecule has 0 radical (unpaired) electrons. The van der Waals surface area contributed by atoms with Crippen LogP contribution in [0.3, 0.4) is 0 Å². The van der Waals surface area contributed by atoms with Gasteiger partial charge >= 0.3 is 0 Å². The molecule has 0 aliphatic carbocycles. The minimum atomic E-state index is -0.491. The first-order valence-electron chi connectivity index (χ1n) is 5.69. The number of hydrogen-bond donors (Lipinski definition) is 0. The first kappa shape index (κ1) is 10.9. The van der Waals surface area contributed by atoms with Gasteiger partial charge in [-0.3, -0.25) is 19.7 Å². The minimum Gasteiger partial charge on any atom is -0.330 e. The summed E-state index contributed by atoms with van der Waals surface area (Å²) in [6.07, 6.45) is 0.521. The van der Waals surface area contributed by atoms with E-state index < -0.39 is 11.0 Å². The Hall–Kier alpha value is -2.24. The highest BCUT2D eigenvalue weighted by atomic mass is 16.6. The number of ketones is 1. The fraction of sp³-hybridized carbons (Fsp3) is 0.333. The van der Waals surface area contributed by atoms with Crippen LogP contribution in [-0.4, -0.2) is 28.1 Å². The summed E-state index contributed by atoms with van der Waals surface area (Å²) in [4.78, 5) is 35.7. The SMILES string of the molecule is O=C1CCN2C(=O)c3cccc([N+](=O)[O-])c3[C@@H]2C1. The minimum absolute atomic E-state index is 0.0510. The summed E-state index contributed by atoms with van der Waals surface area (Å²) in [6, 6.07) is 4.03. The quantitative estimate of drug-likeness (QED) is 0.554. The van der Waals surface area contributed by atoms with Gasteiger partial charge in [-0.05, 0) is 6.07 Å². The summed E-state index contributed by atoms with van der Waals surface area (Å²) in [5, 5.41) is 11.0. The summed E-state index contributed by atoms with van der Waals surface area (Å²) < 4.78 is 0. The van der Waals surface area contributed by atoms with E-state index >= 15 is 0 Å². The molecule has 2 heterocycles. The number of fused-ring (bicyclic) bond motifs is 3. The van der Waals surface area contributed by atoms with Crippen LogP contribution in [0.25, 0.3) is 0 Å². The summed E-state index contributed by atoms with van der Waals surface area (Å²) in [5.74, 6) is -0.152. The molecule has 18 heavy (non-hydrogen) atoms. The van der Waals surface area contributed by atoms with Gasteiger partial charge in [0.1, 0.15) is 5.78 Å². The van der Waals surface area contributed by atoms with Crippen LogP contribution in [0, 0.1) is 10.1 Å².